The molecule has 0 radical (unpaired) electrons. The van der Waals surface area contributed by atoms with E-state index in [-0.39, 0.29) is 12.6 Å². The maximum absolute atomic E-state index is 11.0. The van der Waals surface area contributed by atoms with Crippen molar-refractivity contribution < 1.29 is 9.90 Å². The molecule has 0 saturated heterocycles. The molecule has 0 bridgehead atoms. The number of nitriles is 1. The Hall–Kier alpha value is -2.09. The molecule has 1 N–H and O–H groups in total. The second-order valence-electron chi connectivity index (χ2n) is 5.05. The summed E-state index contributed by atoms with van der Waals surface area (Å²) >= 11 is 0. The number of hydrogen-bond acceptors (Lipinski definition) is 4. The van der Waals surface area contributed by atoms with Crippen molar-refractivity contribution in [2.45, 2.75) is 39.2 Å². The summed E-state index contributed by atoms with van der Waals surface area (Å²) in [5.41, 5.74) is 2.60. The molecule has 1 aliphatic carbocycles. The van der Waals surface area contributed by atoms with E-state index in [0.29, 0.717) is 11.4 Å². The molecule has 1 aromatic rings. The van der Waals surface area contributed by atoms with Crippen molar-refractivity contribution >= 4 is 11.8 Å². The highest BCUT2D eigenvalue weighted by Crippen LogP contribution is 2.27. The first-order valence-corrected chi connectivity index (χ1v) is 6.44. The van der Waals surface area contributed by atoms with Crippen LogP contribution in [0, 0.1) is 11.3 Å². The lowest BCUT2D eigenvalue weighted by molar-refractivity contribution is -0.135. The van der Waals surface area contributed by atoms with Crippen molar-refractivity contribution in [2.24, 2.45) is 0 Å². The van der Waals surface area contributed by atoms with Crippen molar-refractivity contribution in [2.75, 3.05) is 11.4 Å². The Morgan fingerprint density at radius 2 is 2.32 bits per heavy atom. The van der Waals surface area contributed by atoms with Gasteiger partial charge in [0.25, 0.3) is 0 Å². The minimum absolute atomic E-state index is 0.0184. The van der Waals surface area contributed by atoms with Gasteiger partial charge in [0.05, 0.1) is 5.56 Å². The lowest BCUT2D eigenvalue weighted by atomic mass is 10.1. The van der Waals surface area contributed by atoms with Crippen LogP contribution in [0.2, 0.25) is 0 Å². The minimum Gasteiger partial charge on any atom is -0.480 e. The summed E-state index contributed by atoms with van der Waals surface area (Å²) in [5, 5.41) is 18.2. The van der Waals surface area contributed by atoms with E-state index in [1.54, 1.807) is 4.90 Å². The van der Waals surface area contributed by atoms with Gasteiger partial charge in [-0.1, -0.05) is 0 Å². The molecule has 1 heterocycles. The molecule has 1 aliphatic rings. The quantitative estimate of drug-likeness (QED) is 0.891. The maximum Gasteiger partial charge on any atom is 0.323 e. The van der Waals surface area contributed by atoms with Crippen molar-refractivity contribution in [1.29, 1.82) is 5.26 Å². The summed E-state index contributed by atoms with van der Waals surface area (Å²) in [6.07, 6.45) is 2.92. The zero-order valence-corrected chi connectivity index (χ0v) is 11.2. The average molecular weight is 259 g/mol. The molecule has 0 aliphatic heterocycles. The number of carbonyl (C=O) groups is 1. The Morgan fingerprint density at radius 3 is 2.89 bits per heavy atom. The highest BCUT2D eigenvalue weighted by atomic mass is 16.4. The first-order valence-electron chi connectivity index (χ1n) is 6.44. The molecule has 0 unspecified atom stereocenters. The zero-order valence-electron chi connectivity index (χ0n) is 11.2. The molecule has 5 heteroatoms. The van der Waals surface area contributed by atoms with Gasteiger partial charge >= 0.3 is 5.97 Å². The van der Waals surface area contributed by atoms with Gasteiger partial charge < -0.3 is 10.0 Å². The van der Waals surface area contributed by atoms with Crippen LogP contribution >= 0.6 is 0 Å². The third kappa shape index (κ3) is 2.68. The molecular weight excluding hydrogens is 242 g/mol. The SMILES string of the molecule is CC(C)N(CC(=O)O)c1nc2c(cc1C#N)CCC2. The lowest BCUT2D eigenvalue weighted by Crippen LogP contribution is -2.37. The number of anilines is 1. The van der Waals surface area contributed by atoms with Gasteiger partial charge in [0.1, 0.15) is 18.4 Å². The van der Waals surface area contributed by atoms with Crippen molar-refractivity contribution in [3.8, 4) is 6.07 Å². The summed E-state index contributed by atoms with van der Waals surface area (Å²) in [6.45, 7) is 3.66. The maximum atomic E-state index is 11.0. The molecule has 5 nitrogen and oxygen atoms in total. The van der Waals surface area contributed by atoms with E-state index in [1.807, 2.05) is 19.9 Å². The van der Waals surface area contributed by atoms with Crippen LogP contribution in [-0.4, -0.2) is 28.6 Å². The molecule has 0 atom stereocenters. The molecule has 0 amide bonds. The number of hydrogen-bond donors (Lipinski definition) is 1. The van der Waals surface area contributed by atoms with Crippen molar-refractivity contribution in [3.05, 3.63) is 22.9 Å². The number of aliphatic carboxylic acids is 1. The summed E-state index contributed by atoms with van der Waals surface area (Å²) in [4.78, 5) is 17.2. The fourth-order valence-corrected chi connectivity index (χ4v) is 2.41. The van der Waals surface area contributed by atoms with Gasteiger partial charge in [0.15, 0.2) is 0 Å². The first-order chi connectivity index (χ1) is 9.02. The van der Waals surface area contributed by atoms with Gasteiger partial charge in [-0.3, -0.25) is 4.79 Å². The van der Waals surface area contributed by atoms with Gasteiger partial charge in [-0.15, -0.1) is 0 Å². The Labute approximate surface area is 112 Å². The highest BCUT2D eigenvalue weighted by molar-refractivity contribution is 5.74. The largest absolute Gasteiger partial charge is 0.480 e. The third-order valence-electron chi connectivity index (χ3n) is 3.35. The summed E-state index contributed by atoms with van der Waals surface area (Å²) < 4.78 is 0. The molecular formula is C14H17N3O2. The monoisotopic (exact) mass is 259 g/mol. The molecule has 100 valence electrons. The van der Waals surface area contributed by atoms with E-state index in [2.05, 4.69) is 11.1 Å². The Balaban J connectivity index is 2.47. The molecule has 1 aromatic heterocycles. The minimum atomic E-state index is -0.917. The van der Waals surface area contributed by atoms with Gasteiger partial charge in [0, 0.05) is 11.7 Å². The van der Waals surface area contributed by atoms with Crippen LogP contribution in [-0.2, 0) is 17.6 Å². The summed E-state index contributed by atoms with van der Waals surface area (Å²) in [6, 6.07) is 3.98. The van der Waals surface area contributed by atoms with E-state index in [0.717, 1.165) is 30.5 Å². The Bertz CT molecular complexity index is 546. The molecule has 0 spiro atoms. The van der Waals surface area contributed by atoms with Crippen LogP contribution in [0.5, 0.6) is 0 Å². The summed E-state index contributed by atoms with van der Waals surface area (Å²) in [7, 11) is 0. The van der Waals surface area contributed by atoms with Crippen LogP contribution in [0.4, 0.5) is 5.82 Å². The lowest BCUT2D eigenvalue weighted by Gasteiger charge is -2.27. The predicted octanol–water partition coefficient (Wildman–Crippen LogP) is 1.74. The Morgan fingerprint density at radius 1 is 1.58 bits per heavy atom. The highest BCUT2D eigenvalue weighted by Gasteiger charge is 2.23. The number of fused-ring (bicyclic) bond motifs is 1. The van der Waals surface area contributed by atoms with E-state index in [4.69, 9.17) is 5.11 Å². The third-order valence-corrected chi connectivity index (χ3v) is 3.35. The number of aryl methyl sites for hydroxylation is 2. The predicted molar refractivity (Wildman–Crippen MR) is 71.1 cm³/mol. The van der Waals surface area contributed by atoms with E-state index >= 15 is 0 Å². The number of pyridine rings is 1. The van der Waals surface area contributed by atoms with Crippen molar-refractivity contribution in [1.82, 2.24) is 4.98 Å². The molecule has 19 heavy (non-hydrogen) atoms. The number of carboxylic acids is 1. The number of rotatable bonds is 4. The second kappa shape index (κ2) is 5.27. The number of nitrogens with zero attached hydrogens (tertiary/aromatic N) is 3. The smallest absolute Gasteiger partial charge is 0.323 e. The topological polar surface area (TPSA) is 77.2 Å². The van der Waals surface area contributed by atoms with Crippen LogP contribution in [0.1, 0.15) is 37.1 Å². The normalized spacial score (nSPS) is 13.2. The van der Waals surface area contributed by atoms with E-state index < -0.39 is 5.97 Å². The molecule has 2 rings (SSSR count). The van der Waals surface area contributed by atoms with Crippen LogP contribution in [0.3, 0.4) is 0 Å². The fraction of sp³-hybridized carbons (Fsp3) is 0.500. The molecule has 0 fully saturated rings. The second-order valence-corrected chi connectivity index (χ2v) is 5.05. The van der Waals surface area contributed by atoms with Crippen LogP contribution in [0.15, 0.2) is 6.07 Å². The Kier molecular flexibility index (Phi) is 3.70. The molecule has 0 saturated carbocycles. The van der Waals surface area contributed by atoms with Gasteiger partial charge in [-0.05, 0) is 44.7 Å². The standard InChI is InChI=1S/C14H17N3O2/c1-9(2)17(8-13(18)19)14-11(7-15)6-10-4-3-5-12(10)16-14/h6,9H,3-5,8H2,1-2H3,(H,18,19). The van der Waals surface area contributed by atoms with Crippen LogP contribution < -0.4 is 4.90 Å². The average Bonchev–Trinajstić information content (AvgIpc) is 2.80. The van der Waals surface area contributed by atoms with Gasteiger partial charge in [0.2, 0.25) is 0 Å². The van der Waals surface area contributed by atoms with E-state index in [1.165, 1.54) is 0 Å². The number of aromatic nitrogens is 1. The molecule has 0 aromatic carbocycles. The van der Waals surface area contributed by atoms with Gasteiger partial charge in [-0.2, -0.15) is 5.26 Å². The fourth-order valence-electron chi connectivity index (χ4n) is 2.41. The van der Waals surface area contributed by atoms with Crippen molar-refractivity contribution in [3.63, 3.8) is 0 Å². The summed E-state index contributed by atoms with van der Waals surface area (Å²) in [5.74, 6) is -0.416. The van der Waals surface area contributed by atoms with Crippen LogP contribution in [0.25, 0.3) is 0 Å². The number of carboxylic acid groups (broad SMARTS) is 1. The zero-order chi connectivity index (χ0) is 14.0. The van der Waals surface area contributed by atoms with Gasteiger partial charge in [-0.25, -0.2) is 4.98 Å². The first kappa shape index (κ1) is 13.3. The van der Waals surface area contributed by atoms with E-state index in [9.17, 15) is 10.1 Å².